The van der Waals surface area contributed by atoms with Crippen molar-refractivity contribution in [1.29, 1.82) is 0 Å². The normalized spacial score (nSPS) is 17.0. The molecule has 2 rings (SSSR count). The number of halogens is 1. The molecule has 0 aliphatic heterocycles. The van der Waals surface area contributed by atoms with Crippen LogP contribution in [0.1, 0.15) is 38.2 Å². The second-order valence-electron chi connectivity index (χ2n) is 5.29. The van der Waals surface area contributed by atoms with E-state index in [1.807, 2.05) is 6.92 Å². The van der Waals surface area contributed by atoms with E-state index < -0.39 is 15.8 Å². The van der Waals surface area contributed by atoms with Gasteiger partial charge in [-0.1, -0.05) is 19.8 Å². The number of rotatable bonds is 4. The van der Waals surface area contributed by atoms with Crippen molar-refractivity contribution in [2.24, 2.45) is 0 Å². The molecule has 112 valence electrons. The van der Waals surface area contributed by atoms with E-state index in [9.17, 15) is 12.8 Å². The molecular formula is C14H21FN2O2S. The summed E-state index contributed by atoms with van der Waals surface area (Å²) in [6.07, 6.45) is 3.90. The van der Waals surface area contributed by atoms with Gasteiger partial charge >= 0.3 is 0 Å². The van der Waals surface area contributed by atoms with Crippen molar-refractivity contribution in [3.05, 3.63) is 23.5 Å². The summed E-state index contributed by atoms with van der Waals surface area (Å²) in [5.41, 5.74) is 5.79. The number of anilines is 1. The van der Waals surface area contributed by atoms with Crippen LogP contribution in [0.5, 0.6) is 0 Å². The third kappa shape index (κ3) is 2.67. The summed E-state index contributed by atoms with van der Waals surface area (Å²) < 4.78 is 40.5. The zero-order valence-electron chi connectivity index (χ0n) is 11.9. The van der Waals surface area contributed by atoms with Crippen molar-refractivity contribution in [3.8, 4) is 0 Å². The monoisotopic (exact) mass is 300 g/mol. The molecule has 0 aromatic heterocycles. The standard InChI is InChI=1S/C14H21FN2O2S/c1-3-17(11-6-4-5-7-11)20(18,19)14-9-13(16)12(15)8-10(14)2/h8-9,11H,3-7,16H2,1-2H3. The molecule has 1 fully saturated rings. The molecule has 1 aliphatic carbocycles. The number of nitrogen functional groups attached to an aromatic ring is 1. The van der Waals surface area contributed by atoms with Crippen LogP contribution in [0.4, 0.5) is 10.1 Å². The molecule has 6 heteroatoms. The largest absolute Gasteiger partial charge is 0.396 e. The van der Waals surface area contributed by atoms with Crippen molar-refractivity contribution in [2.45, 2.75) is 50.5 Å². The van der Waals surface area contributed by atoms with Crippen LogP contribution in [-0.2, 0) is 10.0 Å². The maximum absolute atomic E-state index is 13.4. The first kappa shape index (κ1) is 15.3. The predicted octanol–water partition coefficient (Wildman–Crippen LogP) is 2.67. The SMILES string of the molecule is CCN(C1CCCC1)S(=O)(=O)c1cc(N)c(F)cc1C. The average molecular weight is 300 g/mol. The highest BCUT2D eigenvalue weighted by Crippen LogP contribution is 2.31. The molecular weight excluding hydrogens is 279 g/mol. The maximum Gasteiger partial charge on any atom is 0.243 e. The number of hydrogen-bond donors (Lipinski definition) is 1. The Balaban J connectivity index is 2.45. The molecule has 1 aliphatic rings. The van der Waals surface area contributed by atoms with Gasteiger partial charge in [0.2, 0.25) is 10.0 Å². The first-order valence-electron chi connectivity index (χ1n) is 6.95. The van der Waals surface area contributed by atoms with Crippen LogP contribution < -0.4 is 5.73 Å². The van der Waals surface area contributed by atoms with Crippen molar-refractivity contribution < 1.29 is 12.8 Å². The molecule has 0 atom stereocenters. The minimum atomic E-state index is -3.62. The molecule has 0 spiro atoms. The zero-order valence-corrected chi connectivity index (χ0v) is 12.7. The molecule has 4 nitrogen and oxygen atoms in total. The van der Waals surface area contributed by atoms with Crippen LogP contribution in [0.2, 0.25) is 0 Å². The third-order valence-corrected chi connectivity index (χ3v) is 6.09. The van der Waals surface area contributed by atoms with E-state index in [0.29, 0.717) is 12.1 Å². The van der Waals surface area contributed by atoms with Gasteiger partial charge in [0.25, 0.3) is 0 Å². The fraction of sp³-hybridized carbons (Fsp3) is 0.571. The van der Waals surface area contributed by atoms with Gasteiger partial charge in [-0.05, 0) is 37.5 Å². The van der Waals surface area contributed by atoms with Gasteiger partial charge in [0.15, 0.2) is 0 Å². The van der Waals surface area contributed by atoms with Gasteiger partial charge in [0.1, 0.15) is 5.82 Å². The summed E-state index contributed by atoms with van der Waals surface area (Å²) in [7, 11) is -3.62. The van der Waals surface area contributed by atoms with E-state index in [2.05, 4.69) is 0 Å². The summed E-state index contributed by atoms with van der Waals surface area (Å²) >= 11 is 0. The molecule has 0 radical (unpaired) electrons. The minimum absolute atomic E-state index is 0.0516. The Morgan fingerprint density at radius 1 is 1.35 bits per heavy atom. The molecule has 1 aromatic carbocycles. The lowest BCUT2D eigenvalue weighted by Gasteiger charge is -2.27. The lowest BCUT2D eigenvalue weighted by atomic mass is 10.2. The molecule has 1 saturated carbocycles. The van der Waals surface area contributed by atoms with E-state index in [4.69, 9.17) is 5.73 Å². The third-order valence-electron chi connectivity index (χ3n) is 3.92. The van der Waals surface area contributed by atoms with E-state index in [1.54, 1.807) is 6.92 Å². The molecule has 2 N–H and O–H groups in total. The Labute approximate surface area is 119 Å². The lowest BCUT2D eigenvalue weighted by molar-refractivity contribution is 0.335. The predicted molar refractivity (Wildman–Crippen MR) is 77.4 cm³/mol. The van der Waals surface area contributed by atoms with Gasteiger partial charge in [0.05, 0.1) is 10.6 Å². The van der Waals surface area contributed by atoms with Gasteiger partial charge in [-0.25, -0.2) is 12.8 Å². The quantitative estimate of drug-likeness (QED) is 0.870. The number of benzene rings is 1. The number of sulfonamides is 1. The smallest absolute Gasteiger partial charge is 0.243 e. The molecule has 1 aromatic rings. The Bertz CT molecular complexity index is 595. The van der Waals surface area contributed by atoms with Crippen molar-refractivity contribution in [3.63, 3.8) is 0 Å². The Kier molecular flexibility index (Phi) is 4.34. The topological polar surface area (TPSA) is 63.4 Å². The highest BCUT2D eigenvalue weighted by atomic mass is 32.2. The fourth-order valence-corrected chi connectivity index (χ4v) is 4.83. The molecule has 20 heavy (non-hydrogen) atoms. The van der Waals surface area contributed by atoms with Crippen LogP contribution in [0, 0.1) is 12.7 Å². The van der Waals surface area contributed by atoms with Crippen LogP contribution in [-0.4, -0.2) is 25.3 Å². The first-order valence-corrected chi connectivity index (χ1v) is 8.39. The second-order valence-corrected chi connectivity index (χ2v) is 7.14. The number of aryl methyl sites for hydroxylation is 1. The number of nitrogens with zero attached hydrogens (tertiary/aromatic N) is 1. The van der Waals surface area contributed by atoms with Crippen LogP contribution in [0.25, 0.3) is 0 Å². The second kappa shape index (κ2) is 5.69. The Hall–Kier alpha value is -1.14. The van der Waals surface area contributed by atoms with E-state index >= 15 is 0 Å². The summed E-state index contributed by atoms with van der Waals surface area (Å²) in [5, 5.41) is 0. The van der Waals surface area contributed by atoms with Crippen molar-refractivity contribution in [2.75, 3.05) is 12.3 Å². The number of hydrogen-bond acceptors (Lipinski definition) is 3. The summed E-state index contributed by atoms with van der Waals surface area (Å²) in [6, 6.07) is 2.47. The summed E-state index contributed by atoms with van der Waals surface area (Å²) in [6.45, 7) is 3.85. The van der Waals surface area contributed by atoms with Crippen LogP contribution in [0.3, 0.4) is 0 Å². The first-order chi connectivity index (χ1) is 9.37. The zero-order chi connectivity index (χ0) is 14.9. The van der Waals surface area contributed by atoms with Gasteiger partial charge in [-0.2, -0.15) is 4.31 Å². The molecule has 0 heterocycles. The fourth-order valence-electron chi connectivity index (χ4n) is 2.89. The van der Waals surface area contributed by atoms with Gasteiger partial charge < -0.3 is 5.73 Å². The van der Waals surface area contributed by atoms with Gasteiger partial charge in [0, 0.05) is 12.6 Å². The molecule has 0 amide bonds. The van der Waals surface area contributed by atoms with E-state index in [1.165, 1.54) is 16.4 Å². The Morgan fingerprint density at radius 3 is 2.50 bits per heavy atom. The van der Waals surface area contributed by atoms with E-state index in [-0.39, 0.29) is 16.6 Å². The maximum atomic E-state index is 13.4. The number of nitrogens with two attached hydrogens (primary N) is 1. The van der Waals surface area contributed by atoms with Gasteiger partial charge in [-0.15, -0.1) is 0 Å². The molecule has 0 saturated heterocycles. The lowest BCUT2D eigenvalue weighted by Crippen LogP contribution is -2.38. The van der Waals surface area contributed by atoms with Crippen molar-refractivity contribution >= 4 is 15.7 Å². The summed E-state index contributed by atoms with van der Waals surface area (Å²) in [4.78, 5) is 0.116. The highest BCUT2D eigenvalue weighted by Gasteiger charge is 2.33. The summed E-state index contributed by atoms with van der Waals surface area (Å²) in [5.74, 6) is -0.578. The molecule has 0 bridgehead atoms. The minimum Gasteiger partial charge on any atom is -0.396 e. The van der Waals surface area contributed by atoms with Gasteiger partial charge in [-0.3, -0.25) is 0 Å². The Morgan fingerprint density at radius 2 is 1.95 bits per heavy atom. The van der Waals surface area contributed by atoms with Crippen LogP contribution in [0.15, 0.2) is 17.0 Å². The average Bonchev–Trinajstić information content (AvgIpc) is 2.87. The van der Waals surface area contributed by atoms with E-state index in [0.717, 1.165) is 25.7 Å². The van der Waals surface area contributed by atoms with Crippen LogP contribution >= 0.6 is 0 Å². The molecule has 0 unspecified atom stereocenters. The van der Waals surface area contributed by atoms with Crippen molar-refractivity contribution in [1.82, 2.24) is 4.31 Å². The highest BCUT2D eigenvalue weighted by molar-refractivity contribution is 7.89.